The minimum absolute atomic E-state index is 0.0282. The summed E-state index contributed by atoms with van der Waals surface area (Å²) in [5, 5.41) is 4.86. The first kappa shape index (κ1) is 22.8. The summed E-state index contributed by atoms with van der Waals surface area (Å²) in [5.41, 5.74) is 2.95. The number of hydrogen-bond acceptors (Lipinski definition) is 3. The highest BCUT2D eigenvalue weighted by Crippen LogP contribution is 2.35. The number of benzene rings is 1. The number of nitrogens with zero attached hydrogens (tertiary/aromatic N) is 4. The van der Waals surface area contributed by atoms with Gasteiger partial charge in [0, 0.05) is 63.5 Å². The van der Waals surface area contributed by atoms with E-state index in [2.05, 4.69) is 23.9 Å². The van der Waals surface area contributed by atoms with Crippen molar-refractivity contribution in [1.82, 2.24) is 24.6 Å². The third-order valence-electron chi connectivity index (χ3n) is 6.11. The van der Waals surface area contributed by atoms with Gasteiger partial charge in [0.25, 0.3) is 5.91 Å². The molecule has 0 radical (unpaired) electrons. The second kappa shape index (κ2) is 9.21. The Morgan fingerprint density at radius 2 is 2.06 bits per heavy atom. The quantitative estimate of drug-likeness (QED) is 0.615. The molecule has 1 aromatic carbocycles. The van der Waals surface area contributed by atoms with Crippen LogP contribution in [0.3, 0.4) is 0 Å². The van der Waals surface area contributed by atoms with Gasteiger partial charge in [-0.05, 0) is 41.7 Å². The predicted octanol–water partition coefficient (Wildman–Crippen LogP) is 4.03. The van der Waals surface area contributed by atoms with Gasteiger partial charge in [0.1, 0.15) is 5.69 Å². The van der Waals surface area contributed by atoms with Crippen LogP contribution in [0.25, 0.3) is 16.5 Å². The van der Waals surface area contributed by atoms with E-state index in [1.165, 1.54) is 4.90 Å². The Morgan fingerprint density at radius 3 is 2.73 bits per heavy atom. The summed E-state index contributed by atoms with van der Waals surface area (Å²) < 4.78 is 17.5. The average Bonchev–Trinajstić information content (AvgIpc) is 3.47. The number of aromatic nitrogens is 3. The van der Waals surface area contributed by atoms with Gasteiger partial charge in [0.15, 0.2) is 5.82 Å². The van der Waals surface area contributed by atoms with Gasteiger partial charge in [-0.2, -0.15) is 5.10 Å². The molecule has 1 aliphatic rings. The van der Waals surface area contributed by atoms with E-state index in [4.69, 9.17) is 0 Å². The van der Waals surface area contributed by atoms with E-state index in [0.717, 1.165) is 16.5 Å². The summed E-state index contributed by atoms with van der Waals surface area (Å²) in [4.78, 5) is 31.5. The van der Waals surface area contributed by atoms with Crippen molar-refractivity contribution < 1.29 is 14.0 Å². The fraction of sp³-hybridized carbons (Fsp3) is 0.400. The van der Waals surface area contributed by atoms with Gasteiger partial charge in [-0.1, -0.05) is 19.9 Å². The SMILES string of the molecule is CC(C)c1cc(C2=CCCN(C(=O)CCn3cccn3)C2)c(F)c2[nH]c(C(=O)N(C)C)cc12. The lowest BCUT2D eigenvalue weighted by molar-refractivity contribution is -0.131. The molecule has 2 amide bonds. The largest absolute Gasteiger partial charge is 0.348 e. The van der Waals surface area contributed by atoms with Crippen LogP contribution in [-0.4, -0.2) is 63.6 Å². The minimum atomic E-state index is -0.385. The summed E-state index contributed by atoms with van der Waals surface area (Å²) in [6.45, 7) is 5.60. The number of carbonyl (C=O) groups excluding carboxylic acids is 2. The van der Waals surface area contributed by atoms with Crippen LogP contribution >= 0.6 is 0 Å². The van der Waals surface area contributed by atoms with E-state index >= 15 is 4.39 Å². The van der Waals surface area contributed by atoms with Gasteiger partial charge in [-0.25, -0.2) is 4.39 Å². The number of aromatic amines is 1. The van der Waals surface area contributed by atoms with Gasteiger partial charge in [0.05, 0.1) is 5.52 Å². The lowest BCUT2D eigenvalue weighted by Crippen LogP contribution is -2.36. The summed E-state index contributed by atoms with van der Waals surface area (Å²) >= 11 is 0. The second-order valence-corrected chi connectivity index (χ2v) is 9.01. The predicted molar refractivity (Wildman–Crippen MR) is 126 cm³/mol. The second-order valence-electron chi connectivity index (χ2n) is 9.01. The third kappa shape index (κ3) is 4.55. The topological polar surface area (TPSA) is 74.2 Å². The molecule has 0 unspecified atom stereocenters. The van der Waals surface area contributed by atoms with E-state index in [9.17, 15) is 9.59 Å². The molecule has 0 atom stereocenters. The van der Waals surface area contributed by atoms with Crippen LogP contribution < -0.4 is 0 Å². The maximum Gasteiger partial charge on any atom is 0.269 e. The first-order chi connectivity index (χ1) is 15.8. The van der Waals surface area contributed by atoms with E-state index in [1.807, 2.05) is 24.4 Å². The van der Waals surface area contributed by atoms with E-state index in [0.29, 0.717) is 49.2 Å². The normalized spacial score (nSPS) is 14.1. The number of aryl methyl sites for hydroxylation is 1. The molecule has 7 nitrogen and oxygen atoms in total. The molecular formula is C25H30FN5O2. The first-order valence-corrected chi connectivity index (χ1v) is 11.3. The zero-order valence-electron chi connectivity index (χ0n) is 19.6. The molecule has 0 spiro atoms. The van der Waals surface area contributed by atoms with Crippen molar-refractivity contribution in [3.8, 4) is 0 Å². The molecule has 4 rings (SSSR count). The van der Waals surface area contributed by atoms with Gasteiger partial charge < -0.3 is 14.8 Å². The molecule has 3 heterocycles. The van der Waals surface area contributed by atoms with E-state index < -0.39 is 0 Å². The van der Waals surface area contributed by atoms with Crippen LogP contribution in [0, 0.1) is 5.82 Å². The maximum absolute atomic E-state index is 15.7. The number of nitrogens with one attached hydrogen (secondary N) is 1. The van der Waals surface area contributed by atoms with Crippen LogP contribution in [-0.2, 0) is 11.3 Å². The lowest BCUT2D eigenvalue weighted by atomic mass is 9.92. The van der Waals surface area contributed by atoms with Crippen molar-refractivity contribution in [3.63, 3.8) is 0 Å². The number of amides is 2. The Bertz CT molecular complexity index is 1210. The van der Waals surface area contributed by atoms with Crippen molar-refractivity contribution in [2.75, 3.05) is 27.2 Å². The number of halogens is 1. The van der Waals surface area contributed by atoms with Crippen molar-refractivity contribution >= 4 is 28.3 Å². The molecule has 33 heavy (non-hydrogen) atoms. The Balaban J connectivity index is 1.64. The zero-order valence-corrected chi connectivity index (χ0v) is 19.6. The molecular weight excluding hydrogens is 421 g/mol. The fourth-order valence-corrected chi connectivity index (χ4v) is 4.31. The Morgan fingerprint density at radius 1 is 1.27 bits per heavy atom. The first-order valence-electron chi connectivity index (χ1n) is 11.3. The molecule has 0 saturated carbocycles. The highest BCUT2D eigenvalue weighted by molar-refractivity contribution is 6.00. The standard InChI is InChI=1S/C25H30FN5O2/c1-16(2)18-13-19(23(26)24-20(18)14-21(28-24)25(33)29(3)4)17-7-5-10-30(15-17)22(32)8-12-31-11-6-9-27-31/h6-7,9,11,13-14,16,28H,5,8,10,12,15H2,1-4H3. The van der Waals surface area contributed by atoms with Gasteiger partial charge in [0.2, 0.25) is 5.91 Å². The lowest BCUT2D eigenvalue weighted by Gasteiger charge is -2.28. The molecule has 174 valence electrons. The molecule has 0 aliphatic carbocycles. The van der Waals surface area contributed by atoms with Crippen molar-refractivity contribution in [2.45, 2.75) is 39.2 Å². The van der Waals surface area contributed by atoms with Crippen molar-refractivity contribution in [1.29, 1.82) is 0 Å². The number of hydrogen-bond donors (Lipinski definition) is 1. The minimum Gasteiger partial charge on any atom is -0.348 e. The summed E-state index contributed by atoms with van der Waals surface area (Å²) in [6.07, 6.45) is 6.56. The van der Waals surface area contributed by atoms with Gasteiger partial charge >= 0.3 is 0 Å². The number of fused-ring (bicyclic) bond motifs is 1. The van der Waals surface area contributed by atoms with E-state index in [1.54, 1.807) is 35.9 Å². The number of carbonyl (C=O) groups is 2. The third-order valence-corrected chi connectivity index (χ3v) is 6.11. The fourth-order valence-electron chi connectivity index (χ4n) is 4.31. The Kier molecular flexibility index (Phi) is 6.35. The van der Waals surface area contributed by atoms with Crippen molar-refractivity contribution in [3.05, 3.63) is 59.3 Å². The molecule has 0 bridgehead atoms. The van der Waals surface area contributed by atoms with E-state index in [-0.39, 0.29) is 23.5 Å². The van der Waals surface area contributed by atoms with Crippen LogP contribution in [0.2, 0.25) is 0 Å². The molecule has 3 aromatic rings. The molecule has 0 fully saturated rings. The Labute approximate surface area is 192 Å². The summed E-state index contributed by atoms with van der Waals surface area (Å²) in [7, 11) is 3.34. The summed E-state index contributed by atoms with van der Waals surface area (Å²) in [6, 6.07) is 5.44. The molecule has 2 aromatic heterocycles. The maximum atomic E-state index is 15.7. The molecule has 8 heteroatoms. The number of rotatable bonds is 6. The van der Waals surface area contributed by atoms with Gasteiger partial charge in [-0.15, -0.1) is 0 Å². The van der Waals surface area contributed by atoms with Crippen LogP contribution in [0.15, 0.2) is 36.7 Å². The highest BCUT2D eigenvalue weighted by atomic mass is 19.1. The monoisotopic (exact) mass is 451 g/mol. The van der Waals surface area contributed by atoms with Crippen LogP contribution in [0.1, 0.15) is 54.2 Å². The van der Waals surface area contributed by atoms with Gasteiger partial charge in [-0.3, -0.25) is 14.3 Å². The van der Waals surface area contributed by atoms with Crippen LogP contribution in [0.5, 0.6) is 0 Å². The average molecular weight is 452 g/mol. The molecule has 1 aliphatic heterocycles. The molecule has 0 saturated heterocycles. The molecule has 1 N–H and O–H groups in total. The highest BCUT2D eigenvalue weighted by Gasteiger charge is 2.25. The zero-order chi connectivity index (χ0) is 23.7. The number of H-pyrrole nitrogens is 1. The summed E-state index contributed by atoms with van der Waals surface area (Å²) in [5.74, 6) is -0.418. The smallest absolute Gasteiger partial charge is 0.269 e. The van der Waals surface area contributed by atoms with Crippen LogP contribution in [0.4, 0.5) is 4.39 Å². The Hall–Kier alpha value is -3.42. The van der Waals surface area contributed by atoms with Crippen molar-refractivity contribution in [2.24, 2.45) is 0 Å².